The van der Waals surface area contributed by atoms with Crippen molar-refractivity contribution in [2.24, 2.45) is 7.05 Å². The van der Waals surface area contributed by atoms with Gasteiger partial charge in [0.25, 0.3) is 5.91 Å². The average Bonchev–Trinajstić information content (AvgIpc) is 3.18. The quantitative estimate of drug-likeness (QED) is 0.838. The highest BCUT2D eigenvalue weighted by molar-refractivity contribution is 7.89. The Morgan fingerprint density at radius 2 is 1.85 bits per heavy atom. The number of carbonyl (C=O) groups is 1. The molecule has 26 heavy (non-hydrogen) atoms. The van der Waals surface area contributed by atoms with Gasteiger partial charge in [-0.2, -0.15) is 9.40 Å². The number of rotatable bonds is 6. The second-order valence-electron chi connectivity index (χ2n) is 6.32. The fourth-order valence-corrected chi connectivity index (χ4v) is 4.80. The zero-order valence-electron chi connectivity index (χ0n) is 15.3. The first-order chi connectivity index (χ1) is 12.4. The summed E-state index contributed by atoms with van der Waals surface area (Å²) in [6, 6.07) is 6.05. The maximum atomic E-state index is 12.6. The summed E-state index contributed by atoms with van der Waals surface area (Å²) in [4.78, 5) is 12.8. The first kappa shape index (κ1) is 18.6. The number of aryl methyl sites for hydroxylation is 2. The summed E-state index contributed by atoms with van der Waals surface area (Å²) in [6.45, 7) is 4.42. The van der Waals surface area contributed by atoms with Gasteiger partial charge in [0.1, 0.15) is 5.82 Å². The molecule has 3 rings (SSSR count). The van der Waals surface area contributed by atoms with E-state index >= 15 is 0 Å². The molecular weight excluding hydrogens is 352 g/mol. The molecule has 0 radical (unpaired) electrons. The summed E-state index contributed by atoms with van der Waals surface area (Å²) in [5.41, 5.74) is 2.56. The van der Waals surface area contributed by atoms with Crippen molar-refractivity contribution in [3.8, 4) is 0 Å². The minimum absolute atomic E-state index is 0.194. The molecule has 0 saturated heterocycles. The van der Waals surface area contributed by atoms with Crippen LogP contribution >= 0.6 is 0 Å². The van der Waals surface area contributed by atoms with Gasteiger partial charge in [-0.3, -0.25) is 9.48 Å². The minimum Gasteiger partial charge on any atom is -0.307 e. The van der Waals surface area contributed by atoms with E-state index in [0.29, 0.717) is 18.7 Å². The van der Waals surface area contributed by atoms with Crippen LogP contribution in [0.4, 0.5) is 5.82 Å². The standard InChI is InChI=1S/C18H24N4O3S/c1-4-22(5-2)26(24,25)14-11-9-13(10-12-14)18(23)19-17-15-7-6-8-16(15)20-21(17)3/h9-12H,4-8H2,1-3H3,(H,19,23). The number of hydrogen-bond acceptors (Lipinski definition) is 4. The van der Waals surface area contributed by atoms with Crippen LogP contribution in [0.2, 0.25) is 0 Å². The van der Waals surface area contributed by atoms with E-state index in [1.807, 2.05) is 7.05 Å². The molecule has 0 atom stereocenters. The molecule has 0 spiro atoms. The average molecular weight is 376 g/mol. The van der Waals surface area contributed by atoms with E-state index in [0.717, 1.165) is 36.3 Å². The lowest BCUT2D eigenvalue weighted by Crippen LogP contribution is -2.30. The molecule has 8 heteroatoms. The number of sulfonamides is 1. The van der Waals surface area contributed by atoms with Crippen molar-refractivity contribution in [2.45, 2.75) is 38.0 Å². The third-order valence-corrected chi connectivity index (χ3v) is 6.82. The van der Waals surface area contributed by atoms with Crippen LogP contribution in [0, 0.1) is 0 Å². The number of anilines is 1. The van der Waals surface area contributed by atoms with E-state index in [1.54, 1.807) is 30.7 Å². The van der Waals surface area contributed by atoms with Crippen LogP contribution in [0.1, 0.15) is 41.9 Å². The molecule has 1 aromatic heterocycles. The van der Waals surface area contributed by atoms with Crippen molar-refractivity contribution >= 4 is 21.7 Å². The molecule has 7 nitrogen and oxygen atoms in total. The van der Waals surface area contributed by atoms with Gasteiger partial charge in [-0.15, -0.1) is 0 Å². The van der Waals surface area contributed by atoms with Crippen molar-refractivity contribution in [1.29, 1.82) is 0 Å². The summed E-state index contributed by atoms with van der Waals surface area (Å²) in [6.07, 6.45) is 2.91. The number of aromatic nitrogens is 2. The molecule has 0 bridgehead atoms. The third-order valence-electron chi connectivity index (χ3n) is 4.76. The van der Waals surface area contributed by atoms with E-state index in [-0.39, 0.29) is 10.8 Å². The maximum absolute atomic E-state index is 12.6. The Labute approximate surface area is 154 Å². The van der Waals surface area contributed by atoms with Gasteiger partial charge < -0.3 is 5.32 Å². The van der Waals surface area contributed by atoms with Crippen molar-refractivity contribution in [3.63, 3.8) is 0 Å². The normalized spacial score (nSPS) is 13.8. The van der Waals surface area contributed by atoms with Crippen molar-refractivity contribution in [3.05, 3.63) is 41.1 Å². The molecule has 1 N–H and O–H groups in total. The number of fused-ring (bicyclic) bond motifs is 1. The van der Waals surface area contributed by atoms with Gasteiger partial charge in [-0.25, -0.2) is 8.42 Å². The Morgan fingerprint density at radius 1 is 1.19 bits per heavy atom. The van der Waals surface area contributed by atoms with Gasteiger partial charge in [0.05, 0.1) is 10.6 Å². The number of benzene rings is 1. The Hall–Kier alpha value is -2.19. The molecule has 2 aromatic rings. The molecule has 1 heterocycles. The van der Waals surface area contributed by atoms with E-state index in [9.17, 15) is 13.2 Å². The first-order valence-corrected chi connectivity index (χ1v) is 10.3. The summed E-state index contributed by atoms with van der Waals surface area (Å²) >= 11 is 0. The molecule has 0 unspecified atom stereocenters. The smallest absolute Gasteiger partial charge is 0.256 e. The third kappa shape index (κ3) is 3.26. The fourth-order valence-electron chi connectivity index (χ4n) is 3.35. The van der Waals surface area contributed by atoms with E-state index in [1.165, 1.54) is 16.4 Å². The van der Waals surface area contributed by atoms with Crippen molar-refractivity contribution < 1.29 is 13.2 Å². The Morgan fingerprint density at radius 3 is 2.46 bits per heavy atom. The fraction of sp³-hybridized carbons (Fsp3) is 0.444. The van der Waals surface area contributed by atoms with Gasteiger partial charge in [0.15, 0.2) is 0 Å². The maximum Gasteiger partial charge on any atom is 0.256 e. The van der Waals surface area contributed by atoms with Crippen LogP contribution in [0.15, 0.2) is 29.2 Å². The summed E-state index contributed by atoms with van der Waals surface area (Å²) in [7, 11) is -1.71. The molecular formula is C18H24N4O3S. The number of nitrogens with zero attached hydrogens (tertiary/aromatic N) is 3. The van der Waals surface area contributed by atoms with Crippen LogP contribution in [-0.2, 0) is 29.9 Å². The molecule has 1 aliphatic rings. The number of hydrogen-bond donors (Lipinski definition) is 1. The lowest BCUT2D eigenvalue weighted by molar-refractivity contribution is 0.102. The summed E-state index contributed by atoms with van der Waals surface area (Å²) < 4.78 is 28.1. The Balaban J connectivity index is 1.80. The van der Waals surface area contributed by atoms with Gasteiger partial charge in [-0.1, -0.05) is 13.8 Å². The van der Waals surface area contributed by atoms with Crippen LogP contribution in [0.3, 0.4) is 0 Å². The van der Waals surface area contributed by atoms with Crippen molar-refractivity contribution in [2.75, 3.05) is 18.4 Å². The van der Waals surface area contributed by atoms with E-state index in [4.69, 9.17) is 0 Å². The van der Waals surface area contributed by atoms with E-state index in [2.05, 4.69) is 10.4 Å². The summed E-state index contributed by atoms with van der Waals surface area (Å²) in [5, 5.41) is 7.35. The highest BCUT2D eigenvalue weighted by Gasteiger charge is 2.24. The molecule has 0 saturated carbocycles. The van der Waals surface area contributed by atoms with Gasteiger partial charge in [0, 0.05) is 31.3 Å². The molecule has 1 aliphatic carbocycles. The lowest BCUT2D eigenvalue weighted by Gasteiger charge is -2.18. The Kier molecular flexibility index (Phi) is 5.15. The largest absolute Gasteiger partial charge is 0.307 e. The van der Waals surface area contributed by atoms with Gasteiger partial charge >= 0.3 is 0 Å². The van der Waals surface area contributed by atoms with Crippen LogP contribution in [-0.4, -0.2) is 41.5 Å². The number of nitrogens with one attached hydrogen (secondary N) is 1. The number of amides is 1. The van der Waals surface area contributed by atoms with Crippen LogP contribution in [0.25, 0.3) is 0 Å². The SMILES string of the molecule is CCN(CC)S(=O)(=O)c1ccc(C(=O)Nc2c3c(nn2C)CCC3)cc1. The summed E-state index contributed by atoms with van der Waals surface area (Å²) in [5.74, 6) is 0.455. The number of carbonyl (C=O) groups excluding carboxylic acids is 1. The lowest BCUT2D eigenvalue weighted by atomic mass is 10.2. The first-order valence-electron chi connectivity index (χ1n) is 8.84. The highest BCUT2D eigenvalue weighted by atomic mass is 32.2. The highest BCUT2D eigenvalue weighted by Crippen LogP contribution is 2.28. The van der Waals surface area contributed by atoms with Crippen LogP contribution in [0.5, 0.6) is 0 Å². The second kappa shape index (κ2) is 7.20. The molecule has 0 aliphatic heterocycles. The predicted octanol–water partition coefficient (Wildman–Crippen LogP) is 2.19. The minimum atomic E-state index is -3.52. The Bertz CT molecular complexity index is 913. The zero-order valence-corrected chi connectivity index (χ0v) is 16.1. The van der Waals surface area contributed by atoms with Crippen LogP contribution < -0.4 is 5.32 Å². The predicted molar refractivity (Wildman–Crippen MR) is 99.7 cm³/mol. The topological polar surface area (TPSA) is 84.3 Å². The molecule has 1 aromatic carbocycles. The van der Waals surface area contributed by atoms with E-state index < -0.39 is 10.0 Å². The molecule has 140 valence electrons. The van der Waals surface area contributed by atoms with Gasteiger partial charge in [0.2, 0.25) is 10.0 Å². The zero-order chi connectivity index (χ0) is 18.9. The van der Waals surface area contributed by atoms with Crippen molar-refractivity contribution in [1.82, 2.24) is 14.1 Å². The monoisotopic (exact) mass is 376 g/mol. The van der Waals surface area contributed by atoms with Gasteiger partial charge in [-0.05, 0) is 43.5 Å². The second-order valence-corrected chi connectivity index (χ2v) is 8.26. The molecule has 0 fully saturated rings. The molecule has 1 amide bonds.